The molecular formula is C9H13N3O2. The zero-order valence-electron chi connectivity index (χ0n) is 7.86. The maximum atomic E-state index is 10.4. The molecule has 0 radical (unpaired) electrons. The largest absolute Gasteiger partial charge is 0.481 e. The number of hydrogen-bond acceptors (Lipinski definition) is 3. The van der Waals surface area contributed by atoms with E-state index in [0.717, 1.165) is 31.0 Å². The molecule has 1 aliphatic heterocycles. The Morgan fingerprint density at radius 2 is 2.57 bits per heavy atom. The minimum absolute atomic E-state index is 0.157. The number of carboxylic acids is 1. The van der Waals surface area contributed by atoms with Crippen LogP contribution in [0.5, 0.6) is 0 Å². The molecule has 0 saturated carbocycles. The zero-order valence-corrected chi connectivity index (χ0v) is 7.86. The normalized spacial score (nSPS) is 15.1. The number of hydrogen-bond donors (Lipinski definition) is 2. The first kappa shape index (κ1) is 9.21. The van der Waals surface area contributed by atoms with Crippen molar-refractivity contribution in [1.82, 2.24) is 15.1 Å². The van der Waals surface area contributed by atoms with Gasteiger partial charge in [-0.25, -0.2) is 0 Å². The van der Waals surface area contributed by atoms with Gasteiger partial charge < -0.3 is 10.4 Å². The molecule has 0 aromatic carbocycles. The van der Waals surface area contributed by atoms with Gasteiger partial charge in [-0.15, -0.1) is 0 Å². The first-order valence-electron chi connectivity index (χ1n) is 4.74. The van der Waals surface area contributed by atoms with Crippen LogP contribution >= 0.6 is 0 Å². The molecule has 0 fully saturated rings. The van der Waals surface area contributed by atoms with Crippen molar-refractivity contribution < 1.29 is 9.90 Å². The van der Waals surface area contributed by atoms with E-state index in [9.17, 15) is 4.79 Å². The van der Waals surface area contributed by atoms with Gasteiger partial charge in [-0.3, -0.25) is 9.48 Å². The van der Waals surface area contributed by atoms with Gasteiger partial charge in [-0.2, -0.15) is 5.10 Å². The van der Waals surface area contributed by atoms with Crippen molar-refractivity contribution in [2.45, 2.75) is 25.9 Å². The van der Waals surface area contributed by atoms with Gasteiger partial charge in [-0.1, -0.05) is 0 Å². The fourth-order valence-electron chi connectivity index (χ4n) is 1.61. The minimum atomic E-state index is -0.769. The van der Waals surface area contributed by atoms with Gasteiger partial charge in [0.2, 0.25) is 0 Å². The fourth-order valence-corrected chi connectivity index (χ4v) is 1.61. The fraction of sp³-hybridized carbons (Fsp3) is 0.556. The molecule has 2 N–H and O–H groups in total. The topological polar surface area (TPSA) is 67.1 Å². The van der Waals surface area contributed by atoms with Gasteiger partial charge in [0.25, 0.3) is 0 Å². The summed E-state index contributed by atoms with van der Waals surface area (Å²) in [6.45, 7) is 2.65. The molecule has 0 spiro atoms. The van der Waals surface area contributed by atoms with E-state index >= 15 is 0 Å². The van der Waals surface area contributed by atoms with E-state index in [2.05, 4.69) is 10.4 Å². The van der Waals surface area contributed by atoms with Crippen molar-refractivity contribution in [2.75, 3.05) is 6.54 Å². The summed E-state index contributed by atoms with van der Waals surface area (Å²) in [6, 6.07) is 1.98. The SMILES string of the molecule is O=C(O)CCc1cc2n(n1)CCNC2. The Bertz CT molecular complexity index is 322. The van der Waals surface area contributed by atoms with Gasteiger partial charge >= 0.3 is 5.97 Å². The second kappa shape index (κ2) is 3.79. The van der Waals surface area contributed by atoms with Crippen LogP contribution in [0.25, 0.3) is 0 Å². The smallest absolute Gasteiger partial charge is 0.303 e. The average molecular weight is 195 g/mol. The van der Waals surface area contributed by atoms with Crippen molar-refractivity contribution in [3.63, 3.8) is 0 Å². The molecule has 1 aliphatic rings. The molecule has 76 valence electrons. The van der Waals surface area contributed by atoms with Crippen LogP contribution in [0.3, 0.4) is 0 Å². The van der Waals surface area contributed by atoms with Crippen LogP contribution in [0.1, 0.15) is 17.8 Å². The standard InChI is InChI=1S/C9H13N3O2/c13-9(14)2-1-7-5-8-6-10-3-4-12(8)11-7/h5,10H,1-4,6H2,(H,13,14). The van der Waals surface area contributed by atoms with E-state index in [4.69, 9.17) is 5.11 Å². The van der Waals surface area contributed by atoms with Crippen molar-refractivity contribution >= 4 is 5.97 Å². The maximum Gasteiger partial charge on any atom is 0.303 e. The lowest BCUT2D eigenvalue weighted by Crippen LogP contribution is -2.28. The highest BCUT2D eigenvalue weighted by Crippen LogP contribution is 2.09. The monoisotopic (exact) mass is 195 g/mol. The summed E-state index contributed by atoms with van der Waals surface area (Å²) in [6.07, 6.45) is 0.680. The Morgan fingerprint density at radius 3 is 3.29 bits per heavy atom. The maximum absolute atomic E-state index is 10.4. The zero-order chi connectivity index (χ0) is 9.97. The molecule has 14 heavy (non-hydrogen) atoms. The van der Waals surface area contributed by atoms with Crippen LogP contribution in [0.4, 0.5) is 0 Å². The molecule has 0 atom stereocenters. The predicted molar refractivity (Wildman–Crippen MR) is 49.9 cm³/mol. The Kier molecular flexibility index (Phi) is 2.49. The molecule has 0 bridgehead atoms. The van der Waals surface area contributed by atoms with Crippen LogP contribution < -0.4 is 5.32 Å². The van der Waals surface area contributed by atoms with Gasteiger partial charge in [0.1, 0.15) is 0 Å². The van der Waals surface area contributed by atoms with E-state index in [-0.39, 0.29) is 6.42 Å². The highest BCUT2D eigenvalue weighted by atomic mass is 16.4. The summed E-state index contributed by atoms with van der Waals surface area (Å²) >= 11 is 0. The van der Waals surface area contributed by atoms with Crippen LogP contribution in [0, 0.1) is 0 Å². The Morgan fingerprint density at radius 1 is 1.71 bits per heavy atom. The van der Waals surface area contributed by atoms with Crippen LogP contribution in [0.15, 0.2) is 6.07 Å². The lowest BCUT2D eigenvalue weighted by molar-refractivity contribution is -0.136. The second-order valence-electron chi connectivity index (χ2n) is 3.42. The molecule has 5 heteroatoms. The summed E-state index contributed by atoms with van der Waals surface area (Å²) in [7, 11) is 0. The van der Waals surface area contributed by atoms with E-state index in [1.54, 1.807) is 0 Å². The highest BCUT2D eigenvalue weighted by molar-refractivity contribution is 5.66. The van der Waals surface area contributed by atoms with Crippen molar-refractivity contribution in [1.29, 1.82) is 0 Å². The number of carboxylic acid groups (broad SMARTS) is 1. The van der Waals surface area contributed by atoms with Gasteiger partial charge in [0, 0.05) is 19.5 Å². The summed E-state index contributed by atoms with van der Waals surface area (Å²) < 4.78 is 1.95. The average Bonchev–Trinajstić information content (AvgIpc) is 2.57. The number of aryl methyl sites for hydroxylation is 1. The Balaban J connectivity index is 2.04. The first-order chi connectivity index (χ1) is 6.75. The third-order valence-electron chi connectivity index (χ3n) is 2.32. The third-order valence-corrected chi connectivity index (χ3v) is 2.32. The van der Waals surface area contributed by atoms with Gasteiger partial charge in [-0.05, 0) is 6.07 Å². The van der Waals surface area contributed by atoms with Crippen molar-refractivity contribution in [2.24, 2.45) is 0 Å². The van der Waals surface area contributed by atoms with Gasteiger partial charge in [0.15, 0.2) is 0 Å². The van der Waals surface area contributed by atoms with E-state index in [0.29, 0.717) is 6.42 Å². The molecule has 2 rings (SSSR count). The lowest BCUT2D eigenvalue weighted by atomic mass is 10.2. The quantitative estimate of drug-likeness (QED) is 0.712. The molecule has 1 aromatic heterocycles. The lowest BCUT2D eigenvalue weighted by Gasteiger charge is -2.13. The molecule has 0 amide bonds. The summed E-state index contributed by atoms with van der Waals surface area (Å²) in [5.41, 5.74) is 2.03. The number of nitrogens with zero attached hydrogens (tertiary/aromatic N) is 2. The number of rotatable bonds is 3. The Labute approximate surface area is 81.7 Å². The molecule has 2 heterocycles. The summed E-state index contributed by atoms with van der Waals surface area (Å²) in [5.74, 6) is -0.769. The molecular weight excluding hydrogens is 182 g/mol. The minimum Gasteiger partial charge on any atom is -0.481 e. The Hall–Kier alpha value is -1.36. The number of nitrogens with one attached hydrogen (secondary N) is 1. The van der Waals surface area contributed by atoms with Crippen LogP contribution in [-0.2, 0) is 24.3 Å². The number of aliphatic carboxylic acids is 1. The second-order valence-corrected chi connectivity index (χ2v) is 3.42. The van der Waals surface area contributed by atoms with Crippen molar-refractivity contribution in [3.8, 4) is 0 Å². The van der Waals surface area contributed by atoms with Crippen molar-refractivity contribution in [3.05, 3.63) is 17.5 Å². The number of fused-ring (bicyclic) bond motifs is 1. The third kappa shape index (κ3) is 1.93. The highest BCUT2D eigenvalue weighted by Gasteiger charge is 2.11. The van der Waals surface area contributed by atoms with Crippen LogP contribution in [0.2, 0.25) is 0 Å². The summed E-state index contributed by atoms with van der Waals surface area (Å²) in [5, 5.41) is 16.1. The molecule has 1 aromatic rings. The van der Waals surface area contributed by atoms with E-state index < -0.39 is 5.97 Å². The summed E-state index contributed by atoms with van der Waals surface area (Å²) in [4.78, 5) is 10.4. The first-order valence-corrected chi connectivity index (χ1v) is 4.74. The number of aromatic nitrogens is 2. The molecule has 0 unspecified atom stereocenters. The van der Waals surface area contributed by atoms with Gasteiger partial charge in [0.05, 0.1) is 24.4 Å². The predicted octanol–water partition coefficient (Wildman–Crippen LogP) is 0.00350. The molecule has 0 aliphatic carbocycles. The molecule has 0 saturated heterocycles. The molecule has 5 nitrogen and oxygen atoms in total. The van der Waals surface area contributed by atoms with E-state index in [1.165, 1.54) is 0 Å². The number of carbonyl (C=O) groups is 1. The van der Waals surface area contributed by atoms with E-state index in [1.807, 2.05) is 10.7 Å². The van der Waals surface area contributed by atoms with Crippen LogP contribution in [-0.4, -0.2) is 27.4 Å².